The summed E-state index contributed by atoms with van der Waals surface area (Å²) in [5.41, 5.74) is 2.12. The van der Waals surface area contributed by atoms with E-state index in [2.05, 4.69) is 6.92 Å². The lowest BCUT2D eigenvalue weighted by molar-refractivity contribution is 0.516. The van der Waals surface area contributed by atoms with Crippen molar-refractivity contribution in [2.45, 2.75) is 32.9 Å². The zero-order valence-electron chi connectivity index (χ0n) is 15.8. The van der Waals surface area contributed by atoms with Gasteiger partial charge in [-0.2, -0.15) is 0 Å². The molecule has 0 unspecified atom stereocenters. The molecular formula is C23H23F3Si. The maximum atomic E-state index is 15.0. The van der Waals surface area contributed by atoms with Gasteiger partial charge in [-0.25, -0.2) is 13.2 Å². The Morgan fingerprint density at radius 2 is 1.37 bits per heavy atom. The Hall–Kier alpha value is -2.33. The van der Waals surface area contributed by atoms with E-state index in [-0.39, 0.29) is 11.4 Å². The number of hydrogen-bond donors (Lipinski definition) is 0. The number of benzene rings is 3. The number of hydrogen-bond acceptors (Lipinski definition) is 0. The molecule has 0 bridgehead atoms. The Kier molecular flexibility index (Phi) is 5.56. The van der Waals surface area contributed by atoms with E-state index in [0.717, 1.165) is 18.0 Å². The van der Waals surface area contributed by atoms with Gasteiger partial charge in [-0.15, -0.1) is 0 Å². The molecule has 0 aromatic heterocycles. The molecular weight excluding hydrogens is 361 g/mol. The van der Waals surface area contributed by atoms with Crippen molar-refractivity contribution in [1.29, 1.82) is 0 Å². The molecule has 4 heteroatoms. The number of halogens is 3. The minimum absolute atomic E-state index is 0.267. The summed E-state index contributed by atoms with van der Waals surface area (Å²) >= 11 is 0. The van der Waals surface area contributed by atoms with Crippen LogP contribution in [0.15, 0.2) is 60.7 Å². The van der Waals surface area contributed by atoms with E-state index in [0.29, 0.717) is 10.8 Å². The van der Waals surface area contributed by atoms with Crippen molar-refractivity contribution < 1.29 is 13.2 Å². The number of rotatable bonds is 5. The molecule has 0 spiro atoms. The maximum absolute atomic E-state index is 15.0. The fourth-order valence-corrected chi connectivity index (χ4v) is 5.89. The fourth-order valence-electron chi connectivity index (χ4n) is 3.42. The normalized spacial score (nSPS) is 11.6. The van der Waals surface area contributed by atoms with Crippen molar-refractivity contribution in [1.82, 2.24) is 0 Å². The third kappa shape index (κ3) is 3.86. The topological polar surface area (TPSA) is 0 Å². The van der Waals surface area contributed by atoms with Crippen molar-refractivity contribution in [2.24, 2.45) is 0 Å². The molecule has 3 aromatic carbocycles. The lowest BCUT2D eigenvalue weighted by Crippen LogP contribution is -2.54. The van der Waals surface area contributed by atoms with Crippen molar-refractivity contribution >= 4 is 18.4 Å². The Morgan fingerprint density at radius 1 is 0.741 bits per heavy atom. The molecule has 27 heavy (non-hydrogen) atoms. The van der Waals surface area contributed by atoms with Gasteiger partial charge >= 0.3 is 0 Å². The Labute approximate surface area is 159 Å². The summed E-state index contributed by atoms with van der Waals surface area (Å²) in [7, 11) is -2.48. The second kappa shape index (κ2) is 7.73. The summed E-state index contributed by atoms with van der Waals surface area (Å²) in [6, 6.07) is 17.0. The van der Waals surface area contributed by atoms with Gasteiger partial charge in [-0.1, -0.05) is 80.2 Å². The molecule has 0 fully saturated rings. The zero-order valence-corrected chi connectivity index (χ0v) is 16.8. The smallest absolute Gasteiger partial charge is 0.166 e. The van der Waals surface area contributed by atoms with Crippen LogP contribution in [0.5, 0.6) is 0 Å². The monoisotopic (exact) mass is 384 g/mol. The Bertz CT molecular complexity index is 929. The van der Waals surface area contributed by atoms with Crippen LogP contribution < -0.4 is 10.4 Å². The van der Waals surface area contributed by atoms with Gasteiger partial charge in [0.2, 0.25) is 0 Å². The molecule has 0 saturated carbocycles. The summed E-state index contributed by atoms with van der Waals surface area (Å²) < 4.78 is 43.1. The lowest BCUT2D eigenvalue weighted by atomic mass is 10.0. The minimum Gasteiger partial charge on any atom is -0.207 e. The molecule has 0 atom stereocenters. The summed E-state index contributed by atoms with van der Waals surface area (Å²) in [5, 5.41) is 1.25. The van der Waals surface area contributed by atoms with Crippen LogP contribution >= 0.6 is 0 Å². The van der Waals surface area contributed by atoms with Gasteiger partial charge in [-0.3, -0.25) is 0 Å². The van der Waals surface area contributed by atoms with Crippen LogP contribution in [0.25, 0.3) is 11.1 Å². The van der Waals surface area contributed by atoms with Crippen LogP contribution in [0.1, 0.15) is 18.9 Å². The van der Waals surface area contributed by atoms with Crippen LogP contribution in [0, 0.1) is 17.5 Å². The van der Waals surface area contributed by atoms with Crippen LogP contribution in [0.2, 0.25) is 13.1 Å². The SMILES string of the molecule is CCCc1ccc(-c2ccc([Si](C)(C)c3ccc(F)cc3)c(F)c2F)cc1. The van der Waals surface area contributed by atoms with Gasteiger partial charge in [0.15, 0.2) is 11.6 Å². The molecule has 0 aliphatic carbocycles. The lowest BCUT2D eigenvalue weighted by Gasteiger charge is -2.25. The second-order valence-electron chi connectivity index (χ2n) is 7.37. The minimum atomic E-state index is -2.48. The molecule has 0 amide bonds. The Balaban J connectivity index is 2.00. The largest absolute Gasteiger partial charge is 0.207 e. The van der Waals surface area contributed by atoms with Crippen LogP contribution in [0.3, 0.4) is 0 Å². The van der Waals surface area contributed by atoms with E-state index < -0.39 is 19.7 Å². The standard InChI is InChI=1S/C23H23F3Si/c1-4-5-16-6-8-17(9-7-16)20-14-15-21(23(26)22(20)25)27(2,3)19-12-10-18(24)11-13-19/h6-15H,4-5H2,1-3H3. The first-order valence-corrected chi connectivity index (χ1v) is 12.2. The van der Waals surface area contributed by atoms with E-state index in [1.807, 2.05) is 37.4 Å². The highest BCUT2D eigenvalue weighted by molar-refractivity contribution is 7.00. The van der Waals surface area contributed by atoms with Gasteiger partial charge in [0.1, 0.15) is 13.9 Å². The Morgan fingerprint density at radius 3 is 1.96 bits per heavy atom. The maximum Gasteiger partial charge on any atom is 0.166 e. The van der Waals surface area contributed by atoms with Crippen LogP contribution in [0.4, 0.5) is 13.2 Å². The first-order valence-electron chi connectivity index (χ1n) is 9.18. The molecule has 140 valence electrons. The number of aryl methyl sites for hydroxylation is 1. The van der Waals surface area contributed by atoms with Crippen LogP contribution in [-0.2, 0) is 6.42 Å². The fraction of sp³-hybridized carbons (Fsp3) is 0.217. The van der Waals surface area contributed by atoms with Crippen molar-refractivity contribution in [3.63, 3.8) is 0 Å². The third-order valence-corrected chi connectivity index (χ3v) is 8.63. The third-order valence-electron chi connectivity index (χ3n) is 5.13. The van der Waals surface area contributed by atoms with E-state index in [1.54, 1.807) is 24.3 Å². The summed E-state index contributed by atoms with van der Waals surface area (Å²) in [4.78, 5) is 0. The van der Waals surface area contributed by atoms with Crippen molar-refractivity contribution in [3.8, 4) is 11.1 Å². The molecule has 3 rings (SSSR count). The van der Waals surface area contributed by atoms with Gasteiger partial charge < -0.3 is 0 Å². The van der Waals surface area contributed by atoms with Gasteiger partial charge in [0.05, 0.1) is 0 Å². The molecule has 0 nitrogen and oxygen atoms in total. The van der Waals surface area contributed by atoms with Gasteiger partial charge in [0.25, 0.3) is 0 Å². The quantitative estimate of drug-likeness (QED) is 0.506. The highest BCUT2D eigenvalue weighted by Gasteiger charge is 2.31. The molecule has 3 aromatic rings. The summed E-state index contributed by atoms with van der Waals surface area (Å²) in [6.07, 6.45) is 2.01. The van der Waals surface area contributed by atoms with E-state index in [4.69, 9.17) is 0 Å². The second-order valence-corrected chi connectivity index (χ2v) is 11.7. The molecule has 0 heterocycles. The van der Waals surface area contributed by atoms with E-state index >= 15 is 0 Å². The highest BCUT2D eigenvalue weighted by atomic mass is 28.3. The highest BCUT2D eigenvalue weighted by Crippen LogP contribution is 2.25. The summed E-state index contributed by atoms with van der Waals surface area (Å²) in [6.45, 7) is 5.99. The average molecular weight is 385 g/mol. The molecule has 0 saturated heterocycles. The first-order chi connectivity index (χ1) is 12.8. The van der Waals surface area contributed by atoms with Crippen molar-refractivity contribution in [2.75, 3.05) is 0 Å². The zero-order chi connectivity index (χ0) is 19.6. The van der Waals surface area contributed by atoms with Gasteiger partial charge in [0, 0.05) is 5.56 Å². The molecule has 0 radical (unpaired) electrons. The van der Waals surface area contributed by atoms with Crippen molar-refractivity contribution in [3.05, 3.63) is 83.7 Å². The average Bonchev–Trinajstić information content (AvgIpc) is 2.65. The molecule has 0 aliphatic heterocycles. The first kappa shape index (κ1) is 19.4. The van der Waals surface area contributed by atoms with Gasteiger partial charge in [-0.05, 0) is 34.9 Å². The predicted molar refractivity (Wildman–Crippen MR) is 109 cm³/mol. The molecule has 0 aliphatic rings. The molecule has 0 N–H and O–H groups in total. The predicted octanol–water partition coefficient (Wildman–Crippen LogP) is 5.55. The van der Waals surface area contributed by atoms with Crippen LogP contribution in [-0.4, -0.2) is 8.07 Å². The van der Waals surface area contributed by atoms with E-state index in [1.165, 1.54) is 17.7 Å². The summed E-state index contributed by atoms with van der Waals surface area (Å²) in [5.74, 6) is -1.96. The van der Waals surface area contributed by atoms with E-state index in [9.17, 15) is 13.2 Å².